The highest BCUT2D eigenvalue weighted by atomic mass is 16.5. The lowest BCUT2D eigenvalue weighted by molar-refractivity contribution is 0.482. The van der Waals surface area contributed by atoms with Gasteiger partial charge in [0.15, 0.2) is 0 Å². The first-order valence-electron chi connectivity index (χ1n) is 6.03. The second-order valence-electron chi connectivity index (χ2n) is 4.49. The topological polar surface area (TPSA) is 9.23 Å². The average molecular weight is 236 g/mol. The van der Waals surface area contributed by atoms with Crippen LogP contribution in [0.5, 0.6) is 11.5 Å². The van der Waals surface area contributed by atoms with Crippen LogP contribution in [0.15, 0.2) is 48.5 Å². The first kappa shape index (κ1) is 12.3. The van der Waals surface area contributed by atoms with E-state index in [0.29, 0.717) is 5.92 Å². The molecule has 0 radical (unpaired) electrons. The van der Waals surface area contributed by atoms with Crippen LogP contribution in [-0.2, 0) is 0 Å². The van der Waals surface area contributed by atoms with E-state index in [2.05, 4.69) is 31.9 Å². The predicted octanol–water partition coefficient (Wildman–Crippen LogP) is 4.58. The molecule has 0 unspecified atom stereocenters. The monoisotopic (exact) mass is 236 g/mol. The summed E-state index contributed by atoms with van der Waals surface area (Å²) < 4.78 is 5.74. The van der Waals surface area contributed by atoms with Crippen molar-refractivity contribution in [3.63, 3.8) is 0 Å². The number of hydrogen-bond donors (Lipinski definition) is 0. The van der Waals surface area contributed by atoms with Crippen molar-refractivity contribution >= 4 is 0 Å². The molecule has 2 aromatic carbocycles. The second-order valence-corrected chi connectivity index (χ2v) is 4.49. The number of terminal acetylenes is 1. The molecule has 0 aromatic heterocycles. The lowest BCUT2D eigenvalue weighted by Crippen LogP contribution is -1.88. The van der Waals surface area contributed by atoms with Crippen LogP contribution in [0.2, 0.25) is 0 Å². The van der Waals surface area contributed by atoms with Gasteiger partial charge in [-0.05, 0) is 47.9 Å². The van der Waals surface area contributed by atoms with E-state index in [1.807, 2.05) is 36.4 Å². The van der Waals surface area contributed by atoms with Gasteiger partial charge in [0.2, 0.25) is 0 Å². The molecule has 0 heterocycles. The van der Waals surface area contributed by atoms with E-state index in [-0.39, 0.29) is 0 Å². The molecule has 2 rings (SSSR count). The van der Waals surface area contributed by atoms with E-state index in [9.17, 15) is 0 Å². The first-order chi connectivity index (χ1) is 8.69. The fraction of sp³-hybridized carbons (Fsp3) is 0.176. The van der Waals surface area contributed by atoms with Gasteiger partial charge in [0.25, 0.3) is 0 Å². The molecule has 1 heteroatoms. The van der Waals surface area contributed by atoms with Gasteiger partial charge in [-0.25, -0.2) is 0 Å². The van der Waals surface area contributed by atoms with Crippen molar-refractivity contribution < 1.29 is 4.74 Å². The summed E-state index contributed by atoms with van der Waals surface area (Å²) in [6.45, 7) is 4.35. The molecule has 1 nitrogen and oxygen atoms in total. The van der Waals surface area contributed by atoms with Crippen LogP contribution in [0.1, 0.15) is 30.9 Å². The summed E-state index contributed by atoms with van der Waals surface area (Å²) in [5.41, 5.74) is 2.17. The maximum absolute atomic E-state index is 5.74. The Balaban J connectivity index is 2.11. The summed E-state index contributed by atoms with van der Waals surface area (Å²) in [6, 6.07) is 15.7. The van der Waals surface area contributed by atoms with Gasteiger partial charge in [-0.1, -0.05) is 31.9 Å². The molecule has 2 aromatic rings. The Kier molecular flexibility index (Phi) is 3.69. The van der Waals surface area contributed by atoms with Crippen molar-refractivity contribution in [1.29, 1.82) is 0 Å². The fourth-order valence-electron chi connectivity index (χ4n) is 1.68. The summed E-state index contributed by atoms with van der Waals surface area (Å²) in [4.78, 5) is 0. The van der Waals surface area contributed by atoms with Gasteiger partial charge in [0.05, 0.1) is 0 Å². The minimum atomic E-state index is 0.536. The molecule has 0 fully saturated rings. The van der Waals surface area contributed by atoms with Crippen LogP contribution in [-0.4, -0.2) is 0 Å². The van der Waals surface area contributed by atoms with Gasteiger partial charge in [-0.15, -0.1) is 6.42 Å². The zero-order valence-electron chi connectivity index (χ0n) is 10.7. The van der Waals surface area contributed by atoms with Crippen LogP contribution in [0.25, 0.3) is 0 Å². The number of benzene rings is 2. The second kappa shape index (κ2) is 5.42. The molecule has 0 N–H and O–H groups in total. The molecule has 0 aliphatic rings. The normalized spacial score (nSPS) is 10.1. The molecule has 0 saturated carbocycles. The number of hydrogen-bond acceptors (Lipinski definition) is 1. The Hall–Kier alpha value is -2.20. The zero-order valence-corrected chi connectivity index (χ0v) is 10.7. The standard InChI is InChI=1S/C17H16O/c1-4-14-5-9-16(10-6-14)18-17-11-7-15(8-12-17)13(2)3/h1,5-13H,2-3H3. The molecule has 0 amide bonds. The van der Waals surface area contributed by atoms with Gasteiger partial charge in [-0.2, -0.15) is 0 Å². The summed E-state index contributed by atoms with van der Waals surface area (Å²) in [5.74, 6) is 4.76. The van der Waals surface area contributed by atoms with E-state index in [0.717, 1.165) is 17.1 Å². The summed E-state index contributed by atoms with van der Waals surface area (Å²) in [7, 11) is 0. The highest BCUT2D eigenvalue weighted by molar-refractivity contribution is 5.39. The van der Waals surface area contributed by atoms with E-state index >= 15 is 0 Å². The molecular weight excluding hydrogens is 220 g/mol. The Bertz CT molecular complexity index is 542. The van der Waals surface area contributed by atoms with Gasteiger partial charge in [-0.3, -0.25) is 0 Å². The summed E-state index contributed by atoms with van der Waals surface area (Å²) in [5, 5.41) is 0. The van der Waals surface area contributed by atoms with Crippen molar-refractivity contribution in [1.82, 2.24) is 0 Å². The molecule has 0 saturated heterocycles. The summed E-state index contributed by atoms with van der Waals surface area (Å²) in [6.07, 6.45) is 5.31. The third-order valence-corrected chi connectivity index (χ3v) is 2.80. The average Bonchev–Trinajstić information content (AvgIpc) is 2.40. The van der Waals surface area contributed by atoms with Crippen molar-refractivity contribution in [2.24, 2.45) is 0 Å². The van der Waals surface area contributed by atoms with Crippen LogP contribution < -0.4 is 4.74 Å². The maximum Gasteiger partial charge on any atom is 0.127 e. The molecule has 0 spiro atoms. The lowest BCUT2D eigenvalue weighted by Gasteiger charge is -2.08. The quantitative estimate of drug-likeness (QED) is 0.708. The van der Waals surface area contributed by atoms with E-state index in [1.54, 1.807) is 0 Å². The molecule has 0 aliphatic heterocycles. The zero-order chi connectivity index (χ0) is 13.0. The Morgan fingerprint density at radius 1 is 0.889 bits per heavy atom. The van der Waals surface area contributed by atoms with Crippen molar-refractivity contribution in [2.75, 3.05) is 0 Å². The van der Waals surface area contributed by atoms with Crippen molar-refractivity contribution in [3.8, 4) is 23.8 Å². The van der Waals surface area contributed by atoms with Crippen LogP contribution in [0.3, 0.4) is 0 Å². The summed E-state index contributed by atoms with van der Waals surface area (Å²) >= 11 is 0. The van der Waals surface area contributed by atoms with E-state index < -0.39 is 0 Å². The highest BCUT2D eigenvalue weighted by Crippen LogP contribution is 2.24. The Labute approximate surface area is 108 Å². The van der Waals surface area contributed by atoms with Gasteiger partial charge >= 0.3 is 0 Å². The minimum Gasteiger partial charge on any atom is -0.457 e. The van der Waals surface area contributed by atoms with Gasteiger partial charge < -0.3 is 4.74 Å². The first-order valence-corrected chi connectivity index (χ1v) is 6.03. The van der Waals surface area contributed by atoms with Crippen molar-refractivity contribution in [2.45, 2.75) is 19.8 Å². The van der Waals surface area contributed by atoms with Crippen LogP contribution in [0, 0.1) is 12.3 Å². The minimum absolute atomic E-state index is 0.536. The molecule has 90 valence electrons. The lowest BCUT2D eigenvalue weighted by atomic mass is 10.0. The fourth-order valence-corrected chi connectivity index (χ4v) is 1.68. The molecule has 0 bridgehead atoms. The number of ether oxygens (including phenoxy) is 1. The molecule has 0 atom stereocenters. The Morgan fingerprint density at radius 2 is 1.39 bits per heavy atom. The molecule has 0 aliphatic carbocycles. The van der Waals surface area contributed by atoms with E-state index in [4.69, 9.17) is 11.2 Å². The van der Waals surface area contributed by atoms with Crippen molar-refractivity contribution in [3.05, 3.63) is 59.7 Å². The molecule has 18 heavy (non-hydrogen) atoms. The van der Waals surface area contributed by atoms with Gasteiger partial charge in [0.1, 0.15) is 11.5 Å². The largest absolute Gasteiger partial charge is 0.457 e. The third-order valence-electron chi connectivity index (χ3n) is 2.80. The highest BCUT2D eigenvalue weighted by Gasteiger charge is 2.00. The molecular formula is C17H16O. The number of rotatable bonds is 3. The van der Waals surface area contributed by atoms with Gasteiger partial charge in [0, 0.05) is 5.56 Å². The third kappa shape index (κ3) is 2.93. The predicted molar refractivity (Wildman–Crippen MR) is 75.0 cm³/mol. The maximum atomic E-state index is 5.74. The Morgan fingerprint density at radius 3 is 1.83 bits per heavy atom. The van der Waals surface area contributed by atoms with Crippen LogP contribution >= 0.6 is 0 Å². The SMILES string of the molecule is C#Cc1ccc(Oc2ccc(C(C)C)cc2)cc1. The van der Waals surface area contributed by atoms with E-state index in [1.165, 1.54) is 5.56 Å². The van der Waals surface area contributed by atoms with Crippen LogP contribution in [0.4, 0.5) is 0 Å². The smallest absolute Gasteiger partial charge is 0.127 e.